The Morgan fingerprint density at radius 2 is 1.88 bits per heavy atom. The van der Waals surface area contributed by atoms with E-state index in [1.807, 2.05) is 78.0 Å². The van der Waals surface area contributed by atoms with Gasteiger partial charge in [-0.15, -0.1) is 0 Å². The third-order valence-corrected chi connectivity index (χ3v) is 7.37. The molecule has 5 rings (SSSR count). The summed E-state index contributed by atoms with van der Waals surface area (Å²) in [5.41, 5.74) is 4.26. The molecule has 1 aliphatic rings. The lowest BCUT2D eigenvalue weighted by atomic mass is 10.0. The molecule has 2 aromatic heterocycles. The molecule has 4 aromatic rings. The molecule has 2 aromatic carbocycles. The summed E-state index contributed by atoms with van der Waals surface area (Å²) in [7, 11) is 1.36. The van der Waals surface area contributed by atoms with Crippen LogP contribution in [0.25, 0.3) is 5.69 Å². The summed E-state index contributed by atoms with van der Waals surface area (Å²) >= 11 is 12.5. The van der Waals surface area contributed by atoms with Crippen LogP contribution in [0.4, 0.5) is 11.4 Å². The van der Waals surface area contributed by atoms with Gasteiger partial charge in [-0.25, -0.2) is 4.79 Å². The van der Waals surface area contributed by atoms with Crippen LogP contribution in [0.3, 0.4) is 0 Å². The summed E-state index contributed by atoms with van der Waals surface area (Å²) in [4.78, 5) is 31.1. The zero-order chi connectivity index (χ0) is 28.4. The van der Waals surface area contributed by atoms with Crippen LogP contribution in [0.15, 0.2) is 85.2 Å². The Balaban J connectivity index is 1.60. The van der Waals surface area contributed by atoms with Gasteiger partial charge < -0.3 is 24.8 Å². The number of ether oxygens (including phenoxy) is 1. The second kappa shape index (κ2) is 11.5. The molecule has 10 heteroatoms. The van der Waals surface area contributed by atoms with Gasteiger partial charge in [0.2, 0.25) is 5.91 Å². The molecule has 0 bridgehead atoms. The van der Waals surface area contributed by atoms with Gasteiger partial charge in [-0.1, -0.05) is 37.6 Å². The average Bonchev–Trinajstić information content (AvgIpc) is 3.58. The van der Waals surface area contributed by atoms with Gasteiger partial charge in [0.15, 0.2) is 5.11 Å². The van der Waals surface area contributed by atoms with Gasteiger partial charge in [0.05, 0.1) is 35.1 Å². The van der Waals surface area contributed by atoms with Gasteiger partial charge >= 0.3 is 5.97 Å². The van der Waals surface area contributed by atoms with Crippen molar-refractivity contribution in [2.24, 2.45) is 5.92 Å². The van der Waals surface area contributed by atoms with Crippen molar-refractivity contribution in [1.29, 1.82) is 0 Å². The molecular formula is C30H28ClN5O3S. The number of pyridine rings is 1. The van der Waals surface area contributed by atoms with Gasteiger partial charge in [0.1, 0.15) is 6.04 Å². The minimum atomic E-state index is -0.411. The average molecular weight is 574 g/mol. The van der Waals surface area contributed by atoms with E-state index in [0.717, 1.165) is 22.8 Å². The number of carbonyl (C=O) groups excluding carboxylic acids is 2. The summed E-state index contributed by atoms with van der Waals surface area (Å²) in [6, 6.07) is 21.8. The van der Waals surface area contributed by atoms with E-state index in [4.69, 9.17) is 28.6 Å². The van der Waals surface area contributed by atoms with Crippen LogP contribution in [0.1, 0.15) is 47.7 Å². The number of rotatable bonds is 7. The number of carbonyl (C=O) groups is 2. The first-order valence-corrected chi connectivity index (χ1v) is 13.5. The number of methoxy groups -OCH3 is 1. The Kier molecular flexibility index (Phi) is 7.86. The number of anilines is 2. The SMILES string of the molecule is COC(=O)c1cccc(-n2cccc2[C@H]2[C@H](c3ccccn3)NC(=S)N2c2ccc(NC(=O)C(C)C)c(Cl)c2)c1. The predicted molar refractivity (Wildman–Crippen MR) is 160 cm³/mol. The lowest BCUT2D eigenvalue weighted by Crippen LogP contribution is -2.30. The van der Waals surface area contributed by atoms with Crippen LogP contribution >= 0.6 is 23.8 Å². The molecule has 3 heterocycles. The van der Waals surface area contributed by atoms with Gasteiger partial charge in [-0.05, 0) is 72.9 Å². The lowest BCUT2D eigenvalue weighted by molar-refractivity contribution is -0.118. The van der Waals surface area contributed by atoms with Gasteiger partial charge in [-0.2, -0.15) is 0 Å². The third-order valence-electron chi connectivity index (χ3n) is 6.74. The molecule has 1 saturated heterocycles. The lowest BCUT2D eigenvalue weighted by Gasteiger charge is -2.29. The topological polar surface area (TPSA) is 88.5 Å². The van der Waals surface area contributed by atoms with Crippen molar-refractivity contribution in [3.63, 3.8) is 0 Å². The number of hydrogen-bond acceptors (Lipinski definition) is 5. The molecule has 1 fully saturated rings. The van der Waals surface area contributed by atoms with E-state index >= 15 is 0 Å². The number of nitrogens with one attached hydrogen (secondary N) is 2. The van der Waals surface area contributed by atoms with E-state index in [9.17, 15) is 9.59 Å². The molecule has 1 amide bonds. The summed E-state index contributed by atoms with van der Waals surface area (Å²) in [6.07, 6.45) is 3.69. The van der Waals surface area contributed by atoms with Gasteiger partial charge in [0, 0.05) is 35.4 Å². The first kappa shape index (κ1) is 27.4. The van der Waals surface area contributed by atoms with Crippen LogP contribution in [-0.2, 0) is 9.53 Å². The zero-order valence-corrected chi connectivity index (χ0v) is 23.7. The first-order chi connectivity index (χ1) is 19.3. The molecular weight excluding hydrogens is 546 g/mol. The molecule has 1 aliphatic heterocycles. The van der Waals surface area contributed by atoms with Crippen molar-refractivity contribution in [3.8, 4) is 5.69 Å². The second-order valence-corrected chi connectivity index (χ2v) is 10.4. The smallest absolute Gasteiger partial charge is 0.337 e. The Bertz CT molecular complexity index is 1570. The van der Waals surface area contributed by atoms with Gasteiger partial charge in [-0.3, -0.25) is 9.78 Å². The monoisotopic (exact) mass is 573 g/mol. The highest BCUT2D eigenvalue weighted by Gasteiger charge is 2.42. The van der Waals surface area contributed by atoms with Gasteiger partial charge in [0.25, 0.3) is 0 Å². The van der Waals surface area contributed by atoms with Crippen molar-refractivity contribution in [3.05, 3.63) is 107 Å². The van der Waals surface area contributed by atoms with Crippen molar-refractivity contribution < 1.29 is 14.3 Å². The molecule has 40 heavy (non-hydrogen) atoms. The minimum Gasteiger partial charge on any atom is -0.465 e. The number of nitrogens with zero attached hydrogens (tertiary/aromatic N) is 3. The third kappa shape index (κ3) is 5.30. The number of benzene rings is 2. The summed E-state index contributed by atoms with van der Waals surface area (Å²) in [6.45, 7) is 3.65. The van der Waals surface area contributed by atoms with E-state index in [0.29, 0.717) is 21.4 Å². The number of hydrogen-bond donors (Lipinski definition) is 2. The van der Waals surface area contributed by atoms with Crippen LogP contribution in [-0.4, -0.2) is 33.6 Å². The quantitative estimate of drug-likeness (QED) is 0.204. The maximum absolute atomic E-state index is 12.3. The van der Waals surface area contributed by atoms with Crippen LogP contribution in [0.5, 0.6) is 0 Å². The first-order valence-electron chi connectivity index (χ1n) is 12.8. The van der Waals surface area contributed by atoms with Crippen LogP contribution < -0.4 is 15.5 Å². The molecule has 0 spiro atoms. The number of thiocarbonyl (C=S) groups is 1. The maximum Gasteiger partial charge on any atom is 0.337 e. The van der Waals surface area contributed by atoms with Crippen molar-refractivity contribution in [2.75, 3.05) is 17.3 Å². The fraction of sp³-hybridized carbons (Fsp3) is 0.200. The van der Waals surface area contributed by atoms with E-state index in [1.165, 1.54) is 7.11 Å². The van der Waals surface area contributed by atoms with Crippen molar-refractivity contribution in [2.45, 2.75) is 25.9 Å². The fourth-order valence-corrected chi connectivity index (χ4v) is 5.30. The van der Waals surface area contributed by atoms with Crippen LogP contribution in [0, 0.1) is 5.92 Å². The zero-order valence-electron chi connectivity index (χ0n) is 22.2. The number of esters is 1. The highest BCUT2D eigenvalue weighted by Crippen LogP contribution is 2.43. The Morgan fingerprint density at radius 3 is 2.58 bits per heavy atom. The summed E-state index contributed by atoms with van der Waals surface area (Å²) in [5, 5.41) is 7.23. The standard InChI is InChI=1S/C30H28ClN5O3S/c1-18(2)28(37)33-23-13-12-21(17-22(23)31)36-27(26(34-30(36)40)24-10-4-5-14-32-24)25-11-7-15-35(25)20-9-6-8-19(16-20)29(38)39-3/h4-18,26-27H,1-3H3,(H,33,37)(H,34,40)/t26-,27-/m0/s1. The molecule has 2 N–H and O–H groups in total. The minimum absolute atomic E-state index is 0.117. The molecule has 0 saturated carbocycles. The Labute approximate surface area is 242 Å². The van der Waals surface area contributed by atoms with E-state index < -0.39 is 5.97 Å². The second-order valence-electron chi connectivity index (χ2n) is 9.65. The summed E-state index contributed by atoms with van der Waals surface area (Å²) in [5.74, 6) is -0.709. The largest absolute Gasteiger partial charge is 0.465 e. The molecule has 0 unspecified atom stereocenters. The van der Waals surface area contributed by atoms with E-state index in [2.05, 4.69) is 15.6 Å². The molecule has 2 atom stereocenters. The number of aromatic nitrogens is 2. The molecule has 0 radical (unpaired) electrons. The predicted octanol–water partition coefficient (Wildman–Crippen LogP) is 6.08. The van der Waals surface area contributed by atoms with Crippen molar-refractivity contribution >= 4 is 52.2 Å². The molecule has 8 nitrogen and oxygen atoms in total. The maximum atomic E-state index is 12.3. The number of amides is 1. The normalized spacial score (nSPS) is 16.6. The van der Waals surface area contributed by atoms with E-state index in [1.54, 1.807) is 30.5 Å². The molecule has 0 aliphatic carbocycles. The fourth-order valence-electron chi connectivity index (χ4n) is 4.74. The van der Waals surface area contributed by atoms with E-state index in [-0.39, 0.29) is 23.9 Å². The highest BCUT2D eigenvalue weighted by atomic mass is 35.5. The van der Waals surface area contributed by atoms with Crippen LogP contribution in [0.2, 0.25) is 5.02 Å². The molecule has 204 valence electrons. The summed E-state index contributed by atoms with van der Waals surface area (Å²) < 4.78 is 6.95. The number of halogens is 1. The van der Waals surface area contributed by atoms with Crippen molar-refractivity contribution in [1.82, 2.24) is 14.9 Å². The Morgan fingerprint density at radius 1 is 1.05 bits per heavy atom. The highest BCUT2D eigenvalue weighted by molar-refractivity contribution is 7.80. The Hall–Kier alpha value is -4.21.